The van der Waals surface area contributed by atoms with E-state index in [4.69, 9.17) is 4.52 Å². The molecule has 1 aromatic heterocycles. The quantitative estimate of drug-likeness (QED) is 0.698. The van der Waals surface area contributed by atoms with Crippen LogP contribution < -0.4 is 0 Å². The first-order chi connectivity index (χ1) is 6.90. The van der Waals surface area contributed by atoms with Gasteiger partial charge in [-0.1, -0.05) is 19.0 Å². The van der Waals surface area contributed by atoms with Crippen LogP contribution in [-0.4, -0.2) is 16.7 Å². The van der Waals surface area contributed by atoms with Crippen molar-refractivity contribution >= 4 is 11.7 Å². The van der Waals surface area contributed by atoms with Gasteiger partial charge in [0.2, 0.25) is 0 Å². The van der Waals surface area contributed by atoms with Crippen LogP contribution >= 0.6 is 0 Å². The van der Waals surface area contributed by atoms with E-state index in [0.29, 0.717) is 5.69 Å². The summed E-state index contributed by atoms with van der Waals surface area (Å²) in [5, 5.41) is 3.71. The fourth-order valence-corrected chi connectivity index (χ4v) is 0.957. The molecular weight excluding hydrogens is 190 g/mol. The van der Waals surface area contributed by atoms with Crippen molar-refractivity contribution in [1.29, 1.82) is 0 Å². The highest BCUT2D eigenvalue weighted by Gasteiger charge is 2.10. The Morgan fingerprint density at radius 2 is 2.07 bits per heavy atom. The number of hydrogen-bond acceptors (Lipinski definition) is 4. The molecule has 0 atom stereocenters. The molecule has 0 spiro atoms. The molecule has 0 aromatic carbocycles. The third-order valence-electron chi connectivity index (χ3n) is 1.66. The van der Waals surface area contributed by atoms with Crippen LogP contribution in [0, 0.1) is 0 Å². The summed E-state index contributed by atoms with van der Waals surface area (Å²) < 4.78 is 5.08. The van der Waals surface area contributed by atoms with E-state index in [9.17, 15) is 0 Å². The van der Waals surface area contributed by atoms with Crippen LogP contribution in [0.5, 0.6) is 0 Å². The third kappa shape index (κ3) is 3.68. The van der Waals surface area contributed by atoms with E-state index in [1.807, 2.05) is 34.6 Å². The van der Waals surface area contributed by atoms with Gasteiger partial charge in [-0.05, 0) is 20.8 Å². The molecule has 15 heavy (non-hydrogen) atoms. The summed E-state index contributed by atoms with van der Waals surface area (Å²) in [6.07, 6.45) is 1.58. The van der Waals surface area contributed by atoms with Crippen molar-refractivity contribution in [3.63, 3.8) is 0 Å². The second-order valence-electron chi connectivity index (χ2n) is 4.72. The Morgan fingerprint density at radius 3 is 2.60 bits per heavy atom. The van der Waals surface area contributed by atoms with Gasteiger partial charge >= 0.3 is 0 Å². The average molecular weight is 207 g/mol. The molecule has 0 radical (unpaired) electrons. The van der Waals surface area contributed by atoms with Crippen molar-refractivity contribution in [2.45, 2.75) is 46.1 Å². The van der Waals surface area contributed by atoms with Crippen molar-refractivity contribution < 1.29 is 4.52 Å². The summed E-state index contributed by atoms with van der Waals surface area (Å²) in [7, 11) is 0. The molecule has 4 heteroatoms. The Balaban J connectivity index is 2.90. The number of aliphatic imine (C=N–C) groups is 2. The normalized spacial score (nSPS) is 11.3. The van der Waals surface area contributed by atoms with E-state index in [1.165, 1.54) is 0 Å². The van der Waals surface area contributed by atoms with E-state index in [0.717, 1.165) is 5.76 Å². The molecule has 0 fully saturated rings. The molecule has 1 rings (SSSR count). The minimum atomic E-state index is -0.154. The number of nitrogens with zero attached hydrogens (tertiary/aromatic N) is 3. The Hall–Kier alpha value is -1.41. The topological polar surface area (TPSA) is 50.8 Å². The second kappa shape index (κ2) is 4.41. The van der Waals surface area contributed by atoms with E-state index >= 15 is 0 Å². The lowest BCUT2D eigenvalue weighted by Gasteiger charge is -2.06. The summed E-state index contributed by atoms with van der Waals surface area (Å²) in [6, 6.07) is 2.67. The molecule has 0 saturated heterocycles. The molecule has 1 heterocycles. The lowest BCUT2D eigenvalue weighted by molar-refractivity contribution is 0.371. The molecule has 0 amide bonds. The smallest absolute Gasteiger partial charge is 0.165 e. The Kier molecular flexibility index (Phi) is 3.43. The Labute approximate surface area is 90.1 Å². The lowest BCUT2D eigenvalue weighted by atomic mass is 10.1. The summed E-state index contributed by atoms with van der Waals surface area (Å²) >= 11 is 0. The van der Waals surface area contributed by atoms with Crippen LogP contribution in [-0.2, 0) is 0 Å². The van der Waals surface area contributed by atoms with E-state index < -0.39 is 0 Å². The van der Waals surface area contributed by atoms with Gasteiger partial charge in [-0.3, -0.25) is 0 Å². The molecule has 1 aromatic rings. The fraction of sp³-hybridized carbons (Fsp3) is 0.636. The molecule has 0 aliphatic rings. The van der Waals surface area contributed by atoms with Crippen molar-refractivity contribution in [3.8, 4) is 0 Å². The zero-order valence-corrected chi connectivity index (χ0v) is 9.90. The monoisotopic (exact) mass is 207 g/mol. The van der Waals surface area contributed by atoms with Crippen molar-refractivity contribution in [3.05, 3.63) is 12.0 Å². The van der Waals surface area contributed by atoms with Gasteiger partial charge < -0.3 is 4.52 Å². The van der Waals surface area contributed by atoms with Crippen molar-refractivity contribution in [2.24, 2.45) is 9.98 Å². The maximum Gasteiger partial charge on any atom is 0.165 e. The molecule has 0 N–H and O–H groups in total. The van der Waals surface area contributed by atoms with Gasteiger partial charge in [0.05, 0.1) is 17.7 Å². The molecular formula is C11H17N3O. The van der Waals surface area contributed by atoms with Gasteiger partial charge in [-0.2, -0.15) is 4.99 Å². The van der Waals surface area contributed by atoms with Crippen LogP contribution in [0.25, 0.3) is 0 Å². The minimum absolute atomic E-state index is 0.154. The second-order valence-corrected chi connectivity index (χ2v) is 4.72. The van der Waals surface area contributed by atoms with Gasteiger partial charge in [-0.15, -0.1) is 0 Å². The van der Waals surface area contributed by atoms with Crippen LogP contribution in [0.15, 0.2) is 20.7 Å². The first kappa shape index (κ1) is 11.7. The number of rotatable bonds is 2. The SMILES string of the molecule is CC(C)c1oncc1N=C=NC(C)(C)C. The van der Waals surface area contributed by atoms with Crippen molar-refractivity contribution in [1.82, 2.24) is 5.16 Å². The van der Waals surface area contributed by atoms with Gasteiger partial charge in [0.1, 0.15) is 5.69 Å². The maximum absolute atomic E-state index is 5.08. The van der Waals surface area contributed by atoms with E-state index in [-0.39, 0.29) is 11.5 Å². The highest BCUT2D eigenvalue weighted by molar-refractivity contribution is 5.53. The van der Waals surface area contributed by atoms with Crippen molar-refractivity contribution in [2.75, 3.05) is 0 Å². The third-order valence-corrected chi connectivity index (χ3v) is 1.66. The number of aromatic nitrogens is 1. The first-order valence-corrected chi connectivity index (χ1v) is 5.02. The highest BCUT2D eigenvalue weighted by Crippen LogP contribution is 2.25. The van der Waals surface area contributed by atoms with E-state index in [1.54, 1.807) is 6.20 Å². The van der Waals surface area contributed by atoms with Gasteiger partial charge in [-0.25, -0.2) is 4.99 Å². The average Bonchev–Trinajstić information content (AvgIpc) is 2.49. The fourth-order valence-electron chi connectivity index (χ4n) is 0.957. The van der Waals surface area contributed by atoms with Crippen LogP contribution in [0.2, 0.25) is 0 Å². The zero-order valence-electron chi connectivity index (χ0n) is 9.90. The van der Waals surface area contributed by atoms with E-state index in [2.05, 4.69) is 21.1 Å². The Morgan fingerprint density at radius 1 is 1.40 bits per heavy atom. The highest BCUT2D eigenvalue weighted by atomic mass is 16.5. The van der Waals surface area contributed by atoms with Crippen LogP contribution in [0.4, 0.5) is 5.69 Å². The van der Waals surface area contributed by atoms with Gasteiger partial charge in [0.15, 0.2) is 5.76 Å². The first-order valence-electron chi connectivity index (χ1n) is 5.02. The van der Waals surface area contributed by atoms with Crippen LogP contribution in [0.1, 0.15) is 46.3 Å². The molecule has 82 valence electrons. The number of hydrogen-bond donors (Lipinski definition) is 0. The standard InChI is InChI=1S/C11H17N3O/c1-8(2)10-9(6-14-15-10)12-7-13-11(3,4)5/h6,8H,1-5H3. The zero-order chi connectivity index (χ0) is 11.5. The molecule has 0 aliphatic carbocycles. The maximum atomic E-state index is 5.08. The molecule has 4 nitrogen and oxygen atoms in total. The molecule has 0 unspecified atom stereocenters. The van der Waals surface area contributed by atoms with Gasteiger partial charge in [0.25, 0.3) is 0 Å². The van der Waals surface area contributed by atoms with Crippen LogP contribution in [0.3, 0.4) is 0 Å². The predicted molar refractivity (Wildman–Crippen MR) is 59.9 cm³/mol. The molecule has 0 aliphatic heterocycles. The minimum Gasteiger partial charge on any atom is -0.359 e. The molecule has 0 saturated carbocycles. The summed E-state index contributed by atoms with van der Waals surface area (Å²) in [6.45, 7) is 10.0. The predicted octanol–water partition coefficient (Wildman–Crippen LogP) is 3.40. The summed E-state index contributed by atoms with van der Waals surface area (Å²) in [5.41, 5.74) is 0.552. The largest absolute Gasteiger partial charge is 0.359 e. The summed E-state index contributed by atoms with van der Waals surface area (Å²) in [4.78, 5) is 8.25. The Bertz CT molecular complexity index is 379. The lowest BCUT2D eigenvalue weighted by Crippen LogP contribution is -2.07. The summed E-state index contributed by atoms with van der Waals surface area (Å²) in [5.74, 6) is 1.04. The van der Waals surface area contributed by atoms with Gasteiger partial charge in [0, 0.05) is 5.92 Å². The molecule has 0 bridgehead atoms.